The second kappa shape index (κ2) is 3.02. The molecule has 2 rings (SSSR count). The van der Waals surface area contributed by atoms with Gasteiger partial charge in [0.15, 0.2) is 0 Å². The average molecular weight is 196 g/mol. The molecule has 5 nitrogen and oxygen atoms in total. The van der Waals surface area contributed by atoms with Crippen molar-refractivity contribution in [2.45, 2.75) is 0 Å². The molecule has 0 atom stereocenters. The molecule has 0 fully saturated rings. The molecule has 0 aliphatic rings. The van der Waals surface area contributed by atoms with Crippen LogP contribution in [0.3, 0.4) is 0 Å². The van der Waals surface area contributed by atoms with Crippen molar-refractivity contribution in [3.8, 4) is 5.95 Å². The van der Waals surface area contributed by atoms with Gasteiger partial charge in [-0.05, 0) is 6.07 Å². The summed E-state index contributed by atoms with van der Waals surface area (Å²) in [5, 5.41) is 4.25. The van der Waals surface area contributed by atoms with Crippen LogP contribution in [0, 0.1) is 0 Å². The molecule has 0 aliphatic heterocycles. The third-order valence-electron chi connectivity index (χ3n) is 1.41. The van der Waals surface area contributed by atoms with Gasteiger partial charge in [-0.1, -0.05) is 11.6 Å². The zero-order valence-corrected chi connectivity index (χ0v) is 7.31. The Morgan fingerprint density at radius 2 is 2.23 bits per heavy atom. The predicted octanol–water partition coefficient (Wildman–Crippen LogP) is 0.898. The van der Waals surface area contributed by atoms with Gasteiger partial charge in [0.25, 0.3) is 5.95 Å². The molecule has 0 saturated carbocycles. The van der Waals surface area contributed by atoms with E-state index in [1.54, 1.807) is 18.5 Å². The van der Waals surface area contributed by atoms with E-state index in [1.807, 2.05) is 0 Å². The van der Waals surface area contributed by atoms with E-state index in [0.717, 1.165) is 0 Å². The van der Waals surface area contributed by atoms with Gasteiger partial charge >= 0.3 is 0 Å². The second-order valence-electron chi connectivity index (χ2n) is 2.37. The topological polar surface area (TPSA) is 69.6 Å². The van der Waals surface area contributed by atoms with E-state index < -0.39 is 0 Å². The maximum Gasteiger partial charge on any atom is 0.253 e. The lowest BCUT2D eigenvalue weighted by molar-refractivity contribution is 0.810. The van der Waals surface area contributed by atoms with E-state index in [9.17, 15) is 0 Å². The standard InChI is InChI=1S/C7H6ClN5/c8-5-4-6(9)12-7(11-5)13-3-1-2-10-13/h1-4H,(H2,9,11,12). The Hall–Kier alpha value is -1.62. The predicted molar refractivity (Wildman–Crippen MR) is 48.6 cm³/mol. The summed E-state index contributed by atoms with van der Waals surface area (Å²) in [6.45, 7) is 0. The van der Waals surface area contributed by atoms with E-state index in [0.29, 0.717) is 16.9 Å². The van der Waals surface area contributed by atoms with Gasteiger partial charge in [0.1, 0.15) is 11.0 Å². The Morgan fingerprint density at radius 1 is 1.38 bits per heavy atom. The Kier molecular flexibility index (Phi) is 1.86. The Bertz CT molecular complexity index is 391. The van der Waals surface area contributed by atoms with Crippen molar-refractivity contribution in [2.75, 3.05) is 5.73 Å². The SMILES string of the molecule is Nc1cc(Cl)nc(-n2cccn2)n1. The Balaban J connectivity index is 2.53. The molecule has 0 bridgehead atoms. The molecule has 0 saturated heterocycles. The first-order valence-corrected chi connectivity index (χ1v) is 3.93. The van der Waals surface area contributed by atoms with Gasteiger partial charge in [0, 0.05) is 18.5 Å². The molecular weight excluding hydrogens is 190 g/mol. The molecule has 6 heteroatoms. The number of anilines is 1. The normalized spacial score (nSPS) is 10.2. The van der Waals surface area contributed by atoms with Crippen LogP contribution in [0.4, 0.5) is 5.82 Å². The summed E-state index contributed by atoms with van der Waals surface area (Å²) in [6, 6.07) is 3.25. The molecule has 0 aromatic carbocycles. The van der Waals surface area contributed by atoms with Crippen molar-refractivity contribution in [2.24, 2.45) is 0 Å². The minimum absolute atomic E-state index is 0.304. The first-order valence-electron chi connectivity index (χ1n) is 3.56. The lowest BCUT2D eigenvalue weighted by Gasteiger charge is -2.00. The van der Waals surface area contributed by atoms with Crippen LogP contribution in [-0.2, 0) is 0 Å². The largest absolute Gasteiger partial charge is 0.383 e. The Morgan fingerprint density at radius 3 is 2.85 bits per heavy atom. The molecule has 66 valence electrons. The summed E-state index contributed by atoms with van der Waals surface area (Å²) < 4.78 is 1.49. The smallest absolute Gasteiger partial charge is 0.253 e. The van der Waals surface area contributed by atoms with Crippen LogP contribution in [0.2, 0.25) is 5.15 Å². The fourth-order valence-corrected chi connectivity index (χ4v) is 1.10. The van der Waals surface area contributed by atoms with E-state index in [1.165, 1.54) is 10.7 Å². The minimum atomic E-state index is 0.304. The first-order chi connectivity index (χ1) is 6.25. The van der Waals surface area contributed by atoms with Crippen LogP contribution >= 0.6 is 11.6 Å². The molecule has 2 aromatic heterocycles. The van der Waals surface area contributed by atoms with E-state index in [-0.39, 0.29) is 0 Å². The van der Waals surface area contributed by atoms with Crippen molar-refractivity contribution in [3.63, 3.8) is 0 Å². The van der Waals surface area contributed by atoms with Crippen molar-refractivity contribution >= 4 is 17.4 Å². The highest BCUT2D eigenvalue weighted by Crippen LogP contribution is 2.10. The number of nitrogen functional groups attached to an aromatic ring is 1. The highest BCUT2D eigenvalue weighted by Gasteiger charge is 2.02. The van der Waals surface area contributed by atoms with Crippen LogP contribution < -0.4 is 5.73 Å². The third-order valence-corrected chi connectivity index (χ3v) is 1.61. The number of nitrogens with two attached hydrogens (primary N) is 1. The molecule has 0 amide bonds. The third kappa shape index (κ3) is 1.59. The highest BCUT2D eigenvalue weighted by molar-refractivity contribution is 6.29. The number of rotatable bonds is 1. The Labute approximate surface area is 79.2 Å². The van der Waals surface area contributed by atoms with Crippen LogP contribution in [0.1, 0.15) is 0 Å². The molecule has 0 unspecified atom stereocenters. The van der Waals surface area contributed by atoms with Crippen LogP contribution in [0.15, 0.2) is 24.5 Å². The van der Waals surface area contributed by atoms with Crippen LogP contribution in [-0.4, -0.2) is 19.7 Å². The lowest BCUT2D eigenvalue weighted by Crippen LogP contribution is -2.03. The van der Waals surface area contributed by atoms with Crippen molar-refractivity contribution in [1.82, 2.24) is 19.7 Å². The number of hydrogen-bond donors (Lipinski definition) is 1. The molecule has 0 aliphatic carbocycles. The van der Waals surface area contributed by atoms with Gasteiger partial charge < -0.3 is 5.73 Å². The maximum absolute atomic E-state index is 5.69. The number of nitrogens with zero attached hydrogens (tertiary/aromatic N) is 4. The fraction of sp³-hybridized carbons (Fsp3) is 0. The molecular formula is C7H6ClN5. The summed E-state index contributed by atoms with van der Waals surface area (Å²) in [6.07, 6.45) is 3.34. The summed E-state index contributed by atoms with van der Waals surface area (Å²) >= 11 is 5.69. The van der Waals surface area contributed by atoms with Gasteiger partial charge in [-0.2, -0.15) is 15.1 Å². The number of halogens is 1. The monoisotopic (exact) mass is 195 g/mol. The summed E-state index contributed by atoms with van der Waals surface area (Å²) in [5.74, 6) is 0.695. The summed E-state index contributed by atoms with van der Waals surface area (Å²) in [7, 11) is 0. The minimum Gasteiger partial charge on any atom is -0.383 e. The average Bonchev–Trinajstić information content (AvgIpc) is 2.53. The number of aromatic nitrogens is 4. The van der Waals surface area contributed by atoms with Crippen LogP contribution in [0.5, 0.6) is 0 Å². The maximum atomic E-state index is 5.69. The van der Waals surface area contributed by atoms with E-state index in [4.69, 9.17) is 17.3 Å². The van der Waals surface area contributed by atoms with Gasteiger partial charge in [-0.25, -0.2) is 4.68 Å². The molecule has 0 radical (unpaired) electrons. The molecule has 0 spiro atoms. The molecule has 2 heterocycles. The zero-order valence-electron chi connectivity index (χ0n) is 6.55. The van der Waals surface area contributed by atoms with E-state index in [2.05, 4.69) is 15.1 Å². The molecule has 13 heavy (non-hydrogen) atoms. The van der Waals surface area contributed by atoms with Crippen molar-refractivity contribution < 1.29 is 0 Å². The van der Waals surface area contributed by atoms with Gasteiger partial charge in [0.05, 0.1) is 0 Å². The summed E-state index contributed by atoms with van der Waals surface area (Å²) in [4.78, 5) is 7.91. The fourth-order valence-electron chi connectivity index (χ4n) is 0.912. The molecule has 2 N–H and O–H groups in total. The van der Waals surface area contributed by atoms with Gasteiger partial charge in [-0.15, -0.1) is 0 Å². The quantitative estimate of drug-likeness (QED) is 0.687. The highest BCUT2D eigenvalue weighted by atomic mass is 35.5. The van der Waals surface area contributed by atoms with E-state index >= 15 is 0 Å². The number of hydrogen-bond acceptors (Lipinski definition) is 4. The summed E-state index contributed by atoms with van der Waals surface area (Å²) in [5.41, 5.74) is 5.49. The lowest BCUT2D eigenvalue weighted by atomic mass is 10.6. The van der Waals surface area contributed by atoms with Gasteiger partial charge in [-0.3, -0.25) is 0 Å². The second-order valence-corrected chi connectivity index (χ2v) is 2.75. The molecule has 2 aromatic rings. The van der Waals surface area contributed by atoms with Crippen LogP contribution in [0.25, 0.3) is 5.95 Å². The van der Waals surface area contributed by atoms with Crippen molar-refractivity contribution in [1.29, 1.82) is 0 Å². The van der Waals surface area contributed by atoms with Gasteiger partial charge in [0.2, 0.25) is 0 Å². The first kappa shape index (κ1) is 8.00. The zero-order chi connectivity index (χ0) is 9.26. The van der Waals surface area contributed by atoms with Crippen molar-refractivity contribution in [3.05, 3.63) is 29.7 Å².